The van der Waals surface area contributed by atoms with Crippen molar-refractivity contribution >= 4 is 11.7 Å². The van der Waals surface area contributed by atoms with E-state index in [2.05, 4.69) is 51.0 Å². The third-order valence-corrected chi connectivity index (χ3v) is 4.38. The molecular formula is C16H26N6O. The summed E-state index contributed by atoms with van der Waals surface area (Å²) < 4.78 is 0. The van der Waals surface area contributed by atoms with Gasteiger partial charge in [-0.25, -0.2) is 4.79 Å². The van der Waals surface area contributed by atoms with E-state index in [1.54, 1.807) is 0 Å². The number of carbonyl (C=O) groups excluding carboxylic acids is 1. The van der Waals surface area contributed by atoms with Crippen molar-refractivity contribution in [3.63, 3.8) is 0 Å². The third kappa shape index (κ3) is 4.20. The fourth-order valence-electron chi connectivity index (χ4n) is 3.16. The van der Waals surface area contributed by atoms with Gasteiger partial charge in [-0.15, -0.1) is 0 Å². The second-order valence-electron chi connectivity index (χ2n) is 6.25. The number of fused-ring (bicyclic) bond motifs is 1. The SMILES string of the molecule is CNC1CC(C)NC(NC(=O)Nc2ccc3c(c2)CCNC3)N1. The van der Waals surface area contributed by atoms with Gasteiger partial charge in [-0.05, 0) is 56.6 Å². The number of carbonyl (C=O) groups is 1. The Balaban J connectivity index is 1.56. The fraction of sp³-hybridized carbons (Fsp3) is 0.562. The maximum atomic E-state index is 12.2. The Labute approximate surface area is 137 Å². The highest BCUT2D eigenvalue weighted by atomic mass is 16.2. The lowest BCUT2D eigenvalue weighted by molar-refractivity contribution is 0.198. The minimum absolute atomic E-state index is 0.188. The van der Waals surface area contributed by atoms with Crippen LogP contribution in [-0.2, 0) is 13.0 Å². The van der Waals surface area contributed by atoms with Crippen LogP contribution in [0.2, 0.25) is 0 Å². The van der Waals surface area contributed by atoms with Crippen LogP contribution in [0.1, 0.15) is 24.5 Å². The summed E-state index contributed by atoms with van der Waals surface area (Å²) in [6, 6.07) is 6.21. The Kier molecular flexibility index (Phi) is 5.12. The molecular weight excluding hydrogens is 292 g/mol. The molecule has 1 fully saturated rings. The lowest BCUT2D eigenvalue weighted by Crippen LogP contribution is -2.67. The molecule has 3 unspecified atom stereocenters. The normalized spacial score (nSPS) is 27.1. The number of amides is 2. The monoisotopic (exact) mass is 318 g/mol. The Morgan fingerprint density at radius 1 is 1.26 bits per heavy atom. The molecule has 126 valence electrons. The molecule has 23 heavy (non-hydrogen) atoms. The van der Waals surface area contributed by atoms with E-state index in [1.165, 1.54) is 11.1 Å². The molecule has 0 radical (unpaired) electrons. The van der Waals surface area contributed by atoms with Crippen LogP contribution in [-0.4, -0.2) is 38.1 Å². The van der Waals surface area contributed by atoms with Gasteiger partial charge in [0.1, 0.15) is 6.29 Å². The standard InChI is InChI=1S/C16H26N6O/c1-10-7-14(17-2)21-15(19-10)22-16(23)20-13-4-3-12-9-18-6-5-11(12)8-13/h3-4,8,10,14-15,17-19,21H,5-7,9H2,1-2H3,(H2,20,22,23). The summed E-state index contributed by atoms with van der Waals surface area (Å²) in [7, 11) is 1.91. The summed E-state index contributed by atoms with van der Waals surface area (Å²) in [6.45, 7) is 4.00. The zero-order valence-corrected chi connectivity index (χ0v) is 13.7. The Hall–Kier alpha value is -1.67. The van der Waals surface area contributed by atoms with E-state index in [1.807, 2.05) is 13.1 Å². The molecule has 6 N–H and O–H groups in total. The van der Waals surface area contributed by atoms with Crippen LogP contribution in [0.4, 0.5) is 10.5 Å². The minimum Gasteiger partial charge on any atom is -0.312 e. The highest BCUT2D eigenvalue weighted by Crippen LogP contribution is 2.18. The highest BCUT2D eigenvalue weighted by molar-refractivity contribution is 5.89. The number of rotatable bonds is 3. The Morgan fingerprint density at radius 3 is 2.96 bits per heavy atom. The van der Waals surface area contributed by atoms with Crippen LogP contribution >= 0.6 is 0 Å². The third-order valence-electron chi connectivity index (χ3n) is 4.38. The predicted octanol–water partition coefficient (Wildman–Crippen LogP) is 0.254. The molecule has 1 aromatic carbocycles. The number of hydrogen-bond acceptors (Lipinski definition) is 5. The summed E-state index contributed by atoms with van der Waals surface area (Å²) in [5, 5.41) is 19.0. The molecule has 7 heteroatoms. The first kappa shape index (κ1) is 16.2. The van der Waals surface area contributed by atoms with E-state index in [9.17, 15) is 4.79 Å². The maximum Gasteiger partial charge on any atom is 0.321 e. The number of urea groups is 1. The highest BCUT2D eigenvalue weighted by Gasteiger charge is 2.24. The lowest BCUT2D eigenvalue weighted by Gasteiger charge is -2.36. The van der Waals surface area contributed by atoms with Crippen molar-refractivity contribution in [2.45, 2.75) is 44.8 Å². The Bertz CT molecular complexity index is 564. The van der Waals surface area contributed by atoms with Gasteiger partial charge in [0, 0.05) is 18.3 Å². The van der Waals surface area contributed by atoms with Gasteiger partial charge in [0.05, 0.1) is 6.17 Å². The predicted molar refractivity (Wildman–Crippen MR) is 91.0 cm³/mol. The van der Waals surface area contributed by atoms with Crippen LogP contribution < -0.4 is 31.9 Å². The summed E-state index contributed by atoms with van der Waals surface area (Å²) in [5.74, 6) is 0. The van der Waals surface area contributed by atoms with Gasteiger partial charge in [-0.1, -0.05) is 6.07 Å². The van der Waals surface area contributed by atoms with Gasteiger partial charge in [0.2, 0.25) is 0 Å². The van der Waals surface area contributed by atoms with Crippen LogP contribution in [0.5, 0.6) is 0 Å². The zero-order chi connectivity index (χ0) is 16.2. The molecule has 0 saturated carbocycles. The van der Waals surface area contributed by atoms with Gasteiger partial charge >= 0.3 is 6.03 Å². The summed E-state index contributed by atoms with van der Waals surface area (Å²) in [5.41, 5.74) is 3.44. The molecule has 0 aromatic heterocycles. The largest absolute Gasteiger partial charge is 0.321 e. The van der Waals surface area contributed by atoms with Crippen LogP contribution in [0, 0.1) is 0 Å². The second kappa shape index (κ2) is 7.27. The van der Waals surface area contributed by atoms with E-state index >= 15 is 0 Å². The van der Waals surface area contributed by atoms with E-state index in [0.717, 1.165) is 31.6 Å². The van der Waals surface area contributed by atoms with Gasteiger partial charge in [0.15, 0.2) is 0 Å². The van der Waals surface area contributed by atoms with Crippen molar-refractivity contribution in [2.24, 2.45) is 0 Å². The molecule has 2 aliphatic heterocycles. The van der Waals surface area contributed by atoms with Gasteiger partial charge in [0.25, 0.3) is 0 Å². The number of nitrogens with one attached hydrogen (secondary N) is 6. The van der Waals surface area contributed by atoms with Crippen LogP contribution in [0.25, 0.3) is 0 Å². The lowest BCUT2D eigenvalue weighted by atomic mass is 10.0. The first-order valence-electron chi connectivity index (χ1n) is 8.23. The van der Waals surface area contributed by atoms with Crippen molar-refractivity contribution in [3.05, 3.63) is 29.3 Å². The van der Waals surface area contributed by atoms with Crippen molar-refractivity contribution in [2.75, 3.05) is 18.9 Å². The van der Waals surface area contributed by atoms with Crippen molar-refractivity contribution < 1.29 is 4.79 Å². The van der Waals surface area contributed by atoms with Crippen LogP contribution in [0.15, 0.2) is 18.2 Å². The van der Waals surface area contributed by atoms with E-state index in [-0.39, 0.29) is 18.5 Å². The molecule has 0 bridgehead atoms. The Morgan fingerprint density at radius 2 is 2.13 bits per heavy atom. The maximum absolute atomic E-state index is 12.2. The molecule has 3 rings (SSSR count). The van der Waals surface area contributed by atoms with Crippen molar-refractivity contribution in [1.82, 2.24) is 26.6 Å². The fourth-order valence-corrected chi connectivity index (χ4v) is 3.16. The summed E-state index contributed by atoms with van der Waals surface area (Å²) >= 11 is 0. The van der Waals surface area contributed by atoms with Gasteiger partial charge in [-0.2, -0.15) is 0 Å². The van der Waals surface area contributed by atoms with Crippen LogP contribution in [0.3, 0.4) is 0 Å². The molecule has 2 aliphatic rings. The van der Waals surface area contributed by atoms with Crippen molar-refractivity contribution in [3.8, 4) is 0 Å². The van der Waals surface area contributed by atoms with Crippen molar-refractivity contribution in [1.29, 1.82) is 0 Å². The molecule has 1 saturated heterocycles. The summed E-state index contributed by atoms with van der Waals surface area (Å²) in [4.78, 5) is 12.2. The first-order chi connectivity index (χ1) is 11.1. The molecule has 2 heterocycles. The van der Waals surface area contributed by atoms with E-state index in [0.29, 0.717) is 6.04 Å². The quantitative estimate of drug-likeness (QED) is 0.481. The van der Waals surface area contributed by atoms with Gasteiger partial charge < -0.3 is 21.3 Å². The summed E-state index contributed by atoms with van der Waals surface area (Å²) in [6.07, 6.45) is 1.90. The molecule has 1 aromatic rings. The number of anilines is 1. The molecule has 0 spiro atoms. The average molecular weight is 318 g/mol. The van der Waals surface area contributed by atoms with E-state index in [4.69, 9.17) is 0 Å². The second-order valence-corrected chi connectivity index (χ2v) is 6.25. The minimum atomic E-state index is -0.252. The zero-order valence-electron chi connectivity index (χ0n) is 13.7. The number of hydrogen-bond donors (Lipinski definition) is 6. The van der Waals surface area contributed by atoms with E-state index < -0.39 is 0 Å². The molecule has 3 atom stereocenters. The molecule has 7 nitrogen and oxygen atoms in total. The number of benzene rings is 1. The first-order valence-corrected chi connectivity index (χ1v) is 8.23. The molecule has 2 amide bonds. The topological polar surface area (TPSA) is 89.2 Å². The smallest absolute Gasteiger partial charge is 0.312 e. The average Bonchev–Trinajstić information content (AvgIpc) is 2.54. The molecule has 0 aliphatic carbocycles. The van der Waals surface area contributed by atoms with Gasteiger partial charge in [-0.3, -0.25) is 10.6 Å².